The van der Waals surface area contributed by atoms with Crippen LogP contribution in [0.15, 0.2) is 18.2 Å². The van der Waals surface area contributed by atoms with Crippen LogP contribution in [0.3, 0.4) is 0 Å². The van der Waals surface area contributed by atoms with Gasteiger partial charge in [-0.05, 0) is 74.5 Å². The molecule has 1 aliphatic carbocycles. The Kier molecular flexibility index (Phi) is 7.29. The quantitative estimate of drug-likeness (QED) is 0.570. The third-order valence-corrected chi connectivity index (χ3v) is 7.72. The number of carbonyl (C=O) groups excluding carboxylic acids is 1. The van der Waals surface area contributed by atoms with Crippen molar-refractivity contribution in [1.82, 2.24) is 4.90 Å². The highest BCUT2D eigenvalue weighted by molar-refractivity contribution is 6.35. The van der Waals surface area contributed by atoms with Crippen molar-refractivity contribution in [3.05, 3.63) is 33.8 Å². The molecule has 1 aromatic carbocycles. The molecule has 6 heteroatoms. The van der Waals surface area contributed by atoms with Crippen molar-refractivity contribution in [3.8, 4) is 0 Å². The average molecular weight is 454 g/mol. The highest BCUT2D eigenvalue weighted by Gasteiger charge is 2.42. The number of amides is 1. The zero-order chi connectivity index (χ0) is 21.3. The normalized spacial score (nSPS) is 35.1. The lowest BCUT2D eigenvalue weighted by molar-refractivity contribution is -0.215. The maximum Gasteiger partial charge on any atom is 0.226 e. The molecule has 4 nitrogen and oxygen atoms in total. The van der Waals surface area contributed by atoms with E-state index < -0.39 is 0 Å². The van der Waals surface area contributed by atoms with Crippen LogP contribution in [0.2, 0.25) is 10.0 Å². The maximum atomic E-state index is 13.2. The summed E-state index contributed by atoms with van der Waals surface area (Å²) < 4.78 is 12.2. The molecule has 1 saturated carbocycles. The van der Waals surface area contributed by atoms with Crippen LogP contribution in [-0.4, -0.2) is 42.4 Å². The number of ether oxygens (including phenoxy) is 2. The van der Waals surface area contributed by atoms with Crippen molar-refractivity contribution in [1.29, 1.82) is 0 Å². The first-order valence-corrected chi connectivity index (χ1v) is 12.2. The number of benzene rings is 1. The number of nitrogens with zero attached hydrogens (tertiary/aromatic N) is 1. The lowest BCUT2D eigenvalue weighted by Gasteiger charge is -2.43. The number of carbonyl (C=O) groups is 1. The topological polar surface area (TPSA) is 38.8 Å². The second kappa shape index (κ2) is 9.77. The van der Waals surface area contributed by atoms with Gasteiger partial charge in [0.2, 0.25) is 5.91 Å². The molecule has 3 aliphatic rings. The van der Waals surface area contributed by atoms with Gasteiger partial charge in [0.1, 0.15) is 0 Å². The maximum absolute atomic E-state index is 13.2. The predicted octanol–water partition coefficient (Wildman–Crippen LogP) is 5.73. The summed E-state index contributed by atoms with van der Waals surface area (Å²) in [5.74, 6) is 1.13. The molecule has 4 rings (SSSR count). The van der Waals surface area contributed by atoms with Gasteiger partial charge in [-0.25, -0.2) is 0 Å². The van der Waals surface area contributed by atoms with Crippen LogP contribution in [0.5, 0.6) is 0 Å². The molecule has 6 atom stereocenters. The lowest BCUT2D eigenvalue weighted by atomic mass is 9.77. The predicted molar refractivity (Wildman–Crippen MR) is 120 cm³/mol. The molecule has 2 heterocycles. The first kappa shape index (κ1) is 22.4. The molecule has 166 valence electrons. The highest BCUT2D eigenvalue weighted by Crippen LogP contribution is 2.38. The van der Waals surface area contributed by atoms with Gasteiger partial charge in [-0.2, -0.15) is 0 Å². The SMILES string of the molecule is C[C@@H]1CC(N2CCC(Cc3ccc(Cl)cc3Cl)C2=O)C[C@H](C)C1OC1CCCCO1. The first-order chi connectivity index (χ1) is 14.4. The van der Waals surface area contributed by atoms with Gasteiger partial charge in [-0.15, -0.1) is 0 Å². The van der Waals surface area contributed by atoms with Gasteiger partial charge in [0.05, 0.1) is 6.10 Å². The van der Waals surface area contributed by atoms with Gasteiger partial charge in [0.15, 0.2) is 6.29 Å². The Morgan fingerprint density at radius 1 is 1.13 bits per heavy atom. The summed E-state index contributed by atoms with van der Waals surface area (Å²) in [5.41, 5.74) is 1.01. The molecular formula is C24H33Cl2NO3. The Morgan fingerprint density at radius 3 is 2.57 bits per heavy atom. The summed E-state index contributed by atoms with van der Waals surface area (Å²) in [6.45, 7) is 6.18. The number of hydrogen-bond donors (Lipinski definition) is 0. The minimum Gasteiger partial charge on any atom is -0.353 e. The molecule has 0 N–H and O–H groups in total. The van der Waals surface area contributed by atoms with Crippen molar-refractivity contribution in [3.63, 3.8) is 0 Å². The summed E-state index contributed by atoms with van der Waals surface area (Å²) in [7, 11) is 0. The van der Waals surface area contributed by atoms with E-state index in [-0.39, 0.29) is 24.2 Å². The van der Waals surface area contributed by atoms with E-state index in [1.165, 1.54) is 6.42 Å². The van der Waals surface area contributed by atoms with Crippen molar-refractivity contribution in [2.75, 3.05) is 13.2 Å². The summed E-state index contributed by atoms with van der Waals surface area (Å²) in [6, 6.07) is 5.86. The molecule has 0 radical (unpaired) electrons. The first-order valence-electron chi connectivity index (χ1n) is 11.4. The molecule has 30 heavy (non-hydrogen) atoms. The van der Waals surface area contributed by atoms with Crippen LogP contribution in [0, 0.1) is 17.8 Å². The fourth-order valence-electron chi connectivity index (χ4n) is 5.57. The van der Waals surface area contributed by atoms with Gasteiger partial charge in [-0.3, -0.25) is 4.79 Å². The van der Waals surface area contributed by atoms with E-state index in [2.05, 4.69) is 18.7 Å². The zero-order valence-electron chi connectivity index (χ0n) is 18.0. The number of halogens is 2. The lowest BCUT2D eigenvalue weighted by Crippen LogP contribution is -2.48. The van der Waals surface area contributed by atoms with E-state index in [4.69, 9.17) is 32.7 Å². The molecular weight excluding hydrogens is 421 g/mol. The Morgan fingerprint density at radius 2 is 1.90 bits per heavy atom. The third kappa shape index (κ3) is 4.98. The van der Waals surface area contributed by atoms with Crippen molar-refractivity contribution < 1.29 is 14.3 Å². The molecule has 0 spiro atoms. The second-order valence-electron chi connectivity index (χ2n) is 9.43. The van der Waals surface area contributed by atoms with E-state index >= 15 is 0 Å². The summed E-state index contributed by atoms with van der Waals surface area (Å²) in [6.07, 6.45) is 7.07. The van der Waals surface area contributed by atoms with Crippen LogP contribution in [0.4, 0.5) is 0 Å². The van der Waals surface area contributed by atoms with E-state index in [1.807, 2.05) is 12.1 Å². The van der Waals surface area contributed by atoms with Crippen LogP contribution >= 0.6 is 23.2 Å². The van der Waals surface area contributed by atoms with Crippen LogP contribution in [0.25, 0.3) is 0 Å². The van der Waals surface area contributed by atoms with Gasteiger partial charge >= 0.3 is 0 Å². The monoisotopic (exact) mass is 453 g/mol. The van der Waals surface area contributed by atoms with E-state index in [0.29, 0.717) is 34.3 Å². The van der Waals surface area contributed by atoms with Crippen LogP contribution < -0.4 is 0 Å². The Hall–Kier alpha value is -0.810. The molecule has 3 fully saturated rings. The number of hydrogen-bond acceptors (Lipinski definition) is 3. The van der Waals surface area contributed by atoms with Crippen molar-refractivity contribution >= 4 is 29.1 Å². The van der Waals surface area contributed by atoms with E-state index in [1.54, 1.807) is 6.07 Å². The van der Waals surface area contributed by atoms with E-state index in [9.17, 15) is 4.79 Å². The largest absolute Gasteiger partial charge is 0.353 e. The van der Waals surface area contributed by atoms with Crippen LogP contribution in [-0.2, 0) is 20.7 Å². The van der Waals surface area contributed by atoms with E-state index in [0.717, 1.165) is 50.8 Å². The van der Waals surface area contributed by atoms with Crippen LogP contribution in [0.1, 0.15) is 57.9 Å². The summed E-state index contributed by atoms with van der Waals surface area (Å²) >= 11 is 12.4. The molecule has 1 amide bonds. The molecule has 1 aromatic rings. The summed E-state index contributed by atoms with van der Waals surface area (Å²) in [4.78, 5) is 15.3. The zero-order valence-corrected chi connectivity index (χ0v) is 19.5. The fraction of sp³-hybridized carbons (Fsp3) is 0.708. The standard InChI is InChI=1S/C24H33Cl2NO3/c1-15-11-20(12-16(2)23(15)30-22-5-3-4-10-29-22)27-9-8-18(24(27)28)13-17-6-7-19(25)14-21(17)26/h6-7,14-16,18,20,22-23H,3-5,8-13H2,1-2H3/t15-,16+,18?,20?,22?,23?. The van der Waals surface area contributed by atoms with Crippen molar-refractivity contribution in [2.45, 2.75) is 77.2 Å². The van der Waals surface area contributed by atoms with Crippen molar-refractivity contribution in [2.24, 2.45) is 17.8 Å². The molecule has 2 aliphatic heterocycles. The highest BCUT2D eigenvalue weighted by atomic mass is 35.5. The number of rotatable bonds is 5. The fourth-order valence-corrected chi connectivity index (χ4v) is 6.05. The smallest absolute Gasteiger partial charge is 0.226 e. The minimum atomic E-state index is -0.0490. The third-order valence-electron chi connectivity index (χ3n) is 7.13. The number of likely N-dealkylation sites (tertiary alicyclic amines) is 1. The van der Waals surface area contributed by atoms with Gasteiger partial charge in [0, 0.05) is 35.2 Å². The molecule has 4 unspecified atom stereocenters. The second-order valence-corrected chi connectivity index (χ2v) is 10.3. The van der Waals surface area contributed by atoms with Gasteiger partial charge in [-0.1, -0.05) is 43.1 Å². The Balaban J connectivity index is 1.35. The summed E-state index contributed by atoms with van der Waals surface area (Å²) in [5, 5.41) is 1.28. The van der Waals surface area contributed by atoms with Gasteiger partial charge < -0.3 is 14.4 Å². The molecule has 0 aromatic heterocycles. The van der Waals surface area contributed by atoms with Gasteiger partial charge in [0.25, 0.3) is 0 Å². The molecule has 0 bridgehead atoms. The Bertz CT molecular complexity index is 740. The minimum absolute atomic E-state index is 0.0129. The average Bonchev–Trinajstić information content (AvgIpc) is 3.08. The Labute approximate surface area is 190 Å². The molecule has 2 saturated heterocycles.